The fraction of sp³-hybridized carbons (Fsp3) is 0.778. The Hall–Kier alpha value is -1.45. The van der Waals surface area contributed by atoms with Gasteiger partial charge in [-0.25, -0.2) is 8.42 Å². The summed E-state index contributed by atoms with van der Waals surface area (Å²) in [5.41, 5.74) is -0.201. The minimum Gasteiger partial charge on any atom is -0.392 e. The Morgan fingerprint density at radius 3 is 2.48 bits per heavy atom. The van der Waals surface area contributed by atoms with Crippen molar-refractivity contribution in [3.05, 3.63) is 11.8 Å². The van der Waals surface area contributed by atoms with Crippen LogP contribution in [0.4, 0.5) is 5.88 Å². The summed E-state index contributed by atoms with van der Waals surface area (Å²) in [5.74, 6) is -0.669. The van der Waals surface area contributed by atoms with Crippen LogP contribution in [-0.4, -0.2) is 54.4 Å². The number of hydrogen-bond acceptors (Lipinski definition) is 7. The number of aliphatic hydroxyl groups excluding tert-OH is 1. The van der Waals surface area contributed by atoms with Crippen LogP contribution in [0.15, 0.2) is 10.6 Å². The van der Waals surface area contributed by atoms with Crippen molar-refractivity contribution in [1.29, 1.82) is 0 Å². The molecule has 0 radical (unpaired) electrons. The average Bonchev–Trinajstić information content (AvgIpc) is 3.04. The van der Waals surface area contributed by atoms with E-state index in [9.17, 15) is 18.3 Å². The summed E-state index contributed by atoms with van der Waals surface area (Å²) < 4.78 is 34.4. The normalized spacial score (nSPS) is 18.3. The van der Waals surface area contributed by atoms with Gasteiger partial charge in [0, 0.05) is 24.7 Å². The van der Waals surface area contributed by atoms with Crippen molar-refractivity contribution in [3.63, 3.8) is 0 Å². The highest BCUT2D eigenvalue weighted by Gasteiger charge is 2.43. The van der Waals surface area contributed by atoms with E-state index < -0.39 is 32.0 Å². The Kier molecular flexibility index (Phi) is 6.38. The van der Waals surface area contributed by atoms with Crippen molar-refractivity contribution in [3.8, 4) is 0 Å². The molecular formula is C18H30N2O6S. The predicted octanol–water partition coefficient (Wildman–Crippen LogP) is 1.89. The van der Waals surface area contributed by atoms with E-state index in [1.54, 1.807) is 20.8 Å². The molecule has 1 fully saturated rings. The fourth-order valence-electron chi connectivity index (χ4n) is 2.69. The van der Waals surface area contributed by atoms with Gasteiger partial charge in [0.15, 0.2) is 9.84 Å². The molecule has 2 rings (SSSR count). The molecule has 1 atom stereocenters. The van der Waals surface area contributed by atoms with Gasteiger partial charge < -0.3 is 14.4 Å². The molecule has 9 heteroatoms. The molecule has 0 spiro atoms. The number of nitrogens with one attached hydrogen (secondary N) is 1. The van der Waals surface area contributed by atoms with Gasteiger partial charge in [0.2, 0.25) is 11.8 Å². The van der Waals surface area contributed by atoms with Crippen LogP contribution in [-0.2, 0) is 24.8 Å². The summed E-state index contributed by atoms with van der Waals surface area (Å²) in [5, 5.41) is 16.2. The zero-order chi connectivity index (χ0) is 20.5. The molecule has 2 N–H and O–H groups in total. The average molecular weight is 403 g/mol. The maximum Gasteiger partial charge on any atom is 0.247 e. The smallest absolute Gasteiger partial charge is 0.247 e. The molecule has 1 aliphatic heterocycles. The van der Waals surface area contributed by atoms with E-state index in [0.717, 1.165) is 0 Å². The maximum atomic E-state index is 12.8. The molecule has 8 nitrogen and oxygen atoms in total. The summed E-state index contributed by atoms with van der Waals surface area (Å²) in [4.78, 5) is 12.7. The third-order valence-corrected chi connectivity index (χ3v) is 8.22. The first-order chi connectivity index (χ1) is 12.4. The van der Waals surface area contributed by atoms with Crippen molar-refractivity contribution in [2.45, 2.75) is 63.7 Å². The zero-order valence-electron chi connectivity index (χ0n) is 16.6. The first kappa shape index (κ1) is 21.8. The largest absolute Gasteiger partial charge is 0.392 e. The molecule has 0 unspecified atom stereocenters. The molecule has 1 amide bonds. The van der Waals surface area contributed by atoms with Gasteiger partial charge in [-0.15, -0.1) is 0 Å². The lowest BCUT2D eigenvalue weighted by Crippen LogP contribution is -2.47. The number of amides is 1. The molecule has 27 heavy (non-hydrogen) atoms. The van der Waals surface area contributed by atoms with E-state index in [2.05, 4.69) is 10.5 Å². The van der Waals surface area contributed by atoms with Crippen molar-refractivity contribution in [2.24, 2.45) is 5.92 Å². The quantitative estimate of drug-likeness (QED) is 0.715. The van der Waals surface area contributed by atoms with Crippen molar-refractivity contribution < 1.29 is 27.6 Å². The van der Waals surface area contributed by atoms with E-state index in [1.807, 2.05) is 0 Å². The molecular weight excluding hydrogens is 372 g/mol. The maximum absolute atomic E-state index is 12.8. The highest BCUT2D eigenvalue weighted by Crippen LogP contribution is 2.29. The van der Waals surface area contributed by atoms with E-state index in [1.165, 1.54) is 19.9 Å². The topological polar surface area (TPSA) is 119 Å². The second-order valence-electron chi connectivity index (χ2n) is 8.28. The molecule has 154 valence electrons. The Balaban J connectivity index is 2.10. The number of aromatic nitrogens is 1. The van der Waals surface area contributed by atoms with E-state index in [4.69, 9.17) is 9.26 Å². The zero-order valence-corrected chi connectivity index (χ0v) is 17.4. The second-order valence-corrected chi connectivity index (χ2v) is 10.9. The minimum atomic E-state index is -3.68. The number of carbonyl (C=O) groups is 1. The minimum absolute atomic E-state index is 0.000418. The lowest BCUT2D eigenvalue weighted by atomic mass is 9.84. The number of sulfone groups is 1. The summed E-state index contributed by atoms with van der Waals surface area (Å²) in [6.07, 6.45) is 0.677. The standard InChI is InChI=1S/C18H30N2O6S/c1-12(21)17(2,3)14-10-15(26-20-14)19-16(22)18(4,5)27(23,24)11-13-6-8-25-9-7-13/h10,12-13,21H,6-9,11H2,1-5H3,(H,19,22)/t12-/m0/s1. The fourth-order valence-corrected chi connectivity index (χ4v) is 4.39. The second kappa shape index (κ2) is 7.89. The molecule has 0 bridgehead atoms. The molecule has 0 aliphatic carbocycles. The van der Waals surface area contributed by atoms with E-state index in [-0.39, 0.29) is 17.6 Å². The number of nitrogens with zero attached hydrogens (tertiary/aromatic N) is 1. The van der Waals surface area contributed by atoms with E-state index >= 15 is 0 Å². The van der Waals surface area contributed by atoms with Crippen LogP contribution in [0, 0.1) is 5.92 Å². The Bertz CT molecular complexity index is 761. The van der Waals surface area contributed by atoms with Crippen LogP contribution >= 0.6 is 0 Å². The molecule has 1 saturated heterocycles. The van der Waals surface area contributed by atoms with Gasteiger partial charge >= 0.3 is 0 Å². The summed E-state index contributed by atoms with van der Waals surface area (Å²) in [6, 6.07) is 1.51. The molecule has 1 aliphatic rings. The van der Waals surface area contributed by atoms with Gasteiger partial charge in [0.1, 0.15) is 4.75 Å². The summed E-state index contributed by atoms with van der Waals surface area (Å²) in [6.45, 7) is 9.12. The first-order valence-corrected chi connectivity index (χ1v) is 10.8. The Morgan fingerprint density at radius 1 is 1.33 bits per heavy atom. The SMILES string of the molecule is C[C@H](O)C(C)(C)c1cc(NC(=O)C(C)(C)S(=O)(=O)CC2CCOCC2)on1. The molecule has 0 aromatic carbocycles. The monoisotopic (exact) mass is 402 g/mol. The summed E-state index contributed by atoms with van der Waals surface area (Å²) >= 11 is 0. The lowest BCUT2D eigenvalue weighted by molar-refractivity contribution is -0.118. The summed E-state index contributed by atoms with van der Waals surface area (Å²) in [7, 11) is -3.68. The molecule has 2 heterocycles. The Labute approximate surface area is 160 Å². The number of anilines is 1. The lowest BCUT2D eigenvalue weighted by Gasteiger charge is -2.28. The van der Waals surface area contributed by atoms with Gasteiger partial charge in [0.05, 0.1) is 17.6 Å². The number of ether oxygens (including phenoxy) is 1. The molecule has 0 saturated carbocycles. The van der Waals surface area contributed by atoms with Crippen molar-refractivity contribution in [2.75, 3.05) is 24.3 Å². The van der Waals surface area contributed by atoms with Crippen LogP contribution in [0.1, 0.15) is 53.2 Å². The van der Waals surface area contributed by atoms with Gasteiger partial charge in [0.25, 0.3) is 0 Å². The van der Waals surface area contributed by atoms with Crippen LogP contribution in [0.25, 0.3) is 0 Å². The van der Waals surface area contributed by atoms with Gasteiger partial charge in [-0.3, -0.25) is 10.1 Å². The number of aliphatic hydroxyl groups is 1. The van der Waals surface area contributed by atoms with Crippen LogP contribution in [0.5, 0.6) is 0 Å². The Morgan fingerprint density at radius 2 is 1.93 bits per heavy atom. The number of hydrogen-bond donors (Lipinski definition) is 2. The molecule has 1 aromatic rings. The van der Waals surface area contributed by atoms with Gasteiger partial charge in [-0.05, 0) is 39.5 Å². The van der Waals surface area contributed by atoms with Gasteiger partial charge in [-0.2, -0.15) is 0 Å². The first-order valence-electron chi connectivity index (χ1n) is 9.14. The van der Waals surface area contributed by atoms with E-state index in [0.29, 0.717) is 31.7 Å². The van der Waals surface area contributed by atoms with Crippen LogP contribution < -0.4 is 5.32 Å². The van der Waals surface area contributed by atoms with Crippen molar-refractivity contribution in [1.82, 2.24) is 5.16 Å². The number of carbonyl (C=O) groups excluding carboxylic acids is 1. The van der Waals surface area contributed by atoms with Gasteiger partial charge in [-0.1, -0.05) is 19.0 Å². The third-order valence-electron chi connectivity index (χ3n) is 5.57. The van der Waals surface area contributed by atoms with Crippen LogP contribution in [0.3, 0.4) is 0 Å². The number of rotatable bonds is 7. The molecule has 1 aromatic heterocycles. The van der Waals surface area contributed by atoms with Crippen molar-refractivity contribution >= 4 is 21.6 Å². The predicted molar refractivity (Wildman–Crippen MR) is 101 cm³/mol. The highest BCUT2D eigenvalue weighted by molar-refractivity contribution is 7.93. The van der Waals surface area contributed by atoms with Crippen LogP contribution in [0.2, 0.25) is 0 Å². The third kappa shape index (κ3) is 4.70. The highest BCUT2D eigenvalue weighted by atomic mass is 32.2.